The summed E-state index contributed by atoms with van der Waals surface area (Å²) in [6.45, 7) is 7.06. The van der Waals surface area contributed by atoms with E-state index in [1.165, 1.54) is 0 Å². The van der Waals surface area contributed by atoms with Crippen molar-refractivity contribution in [2.75, 3.05) is 38.1 Å². The standard InChI is InChI=1S/C30H39N5O4/c1-7-16-30(3)27-26(34(4)33-30)29(37)35(28(32-27)22-12-15-24(38-5)25(19-22)39-6)18-9-8-17-31-23-13-10-21(11-14-23)20(2)36/h10-15,19,31,33H,7-9,16-18H2,1-6H3. The van der Waals surface area contributed by atoms with E-state index in [-0.39, 0.29) is 11.3 Å². The lowest BCUT2D eigenvalue weighted by atomic mass is 9.93. The average Bonchev–Trinajstić information content (AvgIpc) is 3.18. The summed E-state index contributed by atoms with van der Waals surface area (Å²) >= 11 is 0. The Morgan fingerprint density at radius 2 is 1.79 bits per heavy atom. The van der Waals surface area contributed by atoms with E-state index in [0.717, 1.165) is 49.2 Å². The van der Waals surface area contributed by atoms with E-state index < -0.39 is 5.54 Å². The molecule has 2 N–H and O–H groups in total. The topological polar surface area (TPSA) is 97.7 Å². The van der Waals surface area contributed by atoms with Crippen molar-refractivity contribution < 1.29 is 14.3 Å². The molecule has 0 spiro atoms. The minimum Gasteiger partial charge on any atom is -0.493 e. The molecule has 3 aromatic rings. The second-order valence-electron chi connectivity index (χ2n) is 10.2. The van der Waals surface area contributed by atoms with Gasteiger partial charge in [0.05, 0.1) is 25.5 Å². The number of methoxy groups -OCH3 is 2. The molecule has 208 valence electrons. The number of hydrogen-bond donors (Lipinski definition) is 2. The van der Waals surface area contributed by atoms with Crippen molar-refractivity contribution in [2.24, 2.45) is 0 Å². The number of nitrogens with one attached hydrogen (secondary N) is 2. The molecule has 0 radical (unpaired) electrons. The normalized spacial score (nSPS) is 16.2. The summed E-state index contributed by atoms with van der Waals surface area (Å²) in [5.41, 5.74) is 6.81. The third kappa shape index (κ3) is 5.78. The summed E-state index contributed by atoms with van der Waals surface area (Å²) in [6.07, 6.45) is 3.44. The van der Waals surface area contributed by atoms with Crippen molar-refractivity contribution in [2.45, 2.75) is 58.5 Å². The Kier molecular flexibility index (Phi) is 8.60. The maximum Gasteiger partial charge on any atom is 0.279 e. The number of ketones is 1. The fourth-order valence-electron chi connectivity index (χ4n) is 5.24. The number of nitrogens with zero attached hydrogens (tertiary/aromatic N) is 3. The summed E-state index contributed by atoms with van der Waals surface area (Å²) in [7, 11) is 5.08. The van der Waals surface area contributed by atoms with E-state index in [4.69, 9.17) is 14.5 Å². The molecule has 1 aromatic heterocycles. The maximum atomic E-state index is 13.9. The Morgan fingerprint density at radius 1 is 1.08 bits per heavy atom. The molecule has 1 aliphatic rings. The molecule has 0 saturated heterocycles. The summed E-state index contributed by atoms with van der Waals surface area (Å²) in [6, 6.07) is 13.1. The van der Waals surface area contributed by atoms with Gasteiger partial charge in [0, 0.05) is 37.0 Å². The minimum atomic E-state index is -0.426. The van der Waals surface area contributed by atoms with Gasteiger partial charge in [-0.15, -0.1) is 0 Å². The Morgan fingerprint density at radius 3 is 2.44 bits per heavy atom. The first-order valence-electron chi connectivity index (χ1n) is 13.5. The molecular formula is C30H39N5O4. The highest BCUT2D eigenvalue weighted by molar-refractivity contribution is 5.94. The van der Waals surface area contributed by atoms with Crippen molar-refractivity contribution in [1.29, 1.82) is 0 Å². The molecule has 0 fully saturated rings. The van der Waals surface area contributed by atoms with Crippen LogP contribution in [-0.4, -0.2) is 43.1 Å². The van der Waals surface area contributed by atoms with Gasteiger partial charge in [0.2, 0.25) is 0 Å². The van der Waals surface area contributed by atoms with E-state index >= 15 is 0 Å². The second-order valence-corrected chi connectivity index (χ2v) is 10.2. The minimum absolute atomic E-state index is 0.0519. The Bertz CT molecular complexity index is 1390. The lowest BCUT2D eigenvalue weighted by Gasteiger charge is -2.25. The number of carbonyl (C=O) groups excluding carboxylic acids is 1. The number of benzene rings is 2. The molecule has 9 nitrogen and oxygen atoms in total. The summed E-state index contributed by atoms with van der Waals surface area (Å²) in [5, 5.41) is 5.22. The third-order valence-corrected chi connectivity index (χ3v) is 7.24. The smallest absolute Gasteiger partial charge is 0.279 e. The molecule has 1 aliphatic heterocycles. The van der Waals surface area contributed by atoms with Crippen LogP contribution in [0.15, 0.2) is 47.3 Å². The fraction of sp³-hybridized carbons (Fsp3) is 0.433. The van der Waals surface area contributed by atoms with Crippen LogP contribution in [0.25, 0.3) is 11.4 Å². The Labute approximate surface area is 230 Å². The lowest BCUT2D eigenvalue weighted by Crippen LogP contribution is -2.42. The van der Waals surface area contributed by atoms with Gasteiger partial charge in [-0.3, -0.25) is 14.2 Å². The highest BCUT2D eigenvalue weighted by atomic mass is 16.5. The van der Waals surface area contributed by atoms with Gasteiger partial charge in [-0.05, 0) is 75.6 Å². The summed E-state index contributed by atoms with van der Waals surface area (Å²) in [4.78, 5) is 30.6. The van der Waals surface area contributed by atoms with Crippen molar-refractivity contribution in [3.63, 3.8) is 0 Å². The van der Waals surface area contributed by atoms with Gasteiger partial charge in [0.15, 0.2) is 17.3 Å². The van der Waals surface area contributed by atoms with Gasteiger partial charge < -0.3 is 19.8 Å². The van der Waals surface area contributed by atoms with Crippen LogP contribution in [0.1, 0.15) is 62.5 Å². The number of rotatable bonds is 12. The highest BCUT2D eigenvalue weighted by Gasteiger charge is 2.41. The molecular weight excluding hydrogens is 494 g/mol. The zero-order valence-electron chi connectivity index (χ0n) is 23.8. The van der Waals surface area contributed by atoms with Gasteiger partial charge >= 0.3 is 0 Å². The SMILES string of the molecule is CCCC1(C)NN(C)c2c1nc(-c1ccc(OC)c(OC)c1)n(CCCCNc1ccc(C(C)=O)cc1)c2=O. The van der Waals surface area contributed by atoms with E-state index in [1.807, 2.05) is 54.5 Å². The number of fused-ring (bicyclic) bond motifs is 1. The van der Waals surface area contributed by atoms with E-state index in [1.54, 1.807) is 25.7 Å². The molecule has 0 saturated carbocycles. The monoisotopic (exact) mass is 533 g/mol. The molecule has 2 aromatic carbocycles. The number of Topliss-reactive ketones (excluding diaryl/α,β-unsaturated/α-hetero) is 1. The molecule has 2 heterocycles. The molecule has 0 aliphatic carbocycles. The molecule has 1 unspecified atom stereocenters. The number of hydrazine groups is 1. The summed E-state index contributed by atoms with van der Waals surface area (Å²) in [5.74, 6) is 1.88. The van der Waals surface area contributed by atoms with Crippen LogP contribution in [0.4, 0.5) is 11.4 Å². The molecule has 39 heavy (non-hydrogen) atoms. The predicted octanol–water partition coefficient (Wildman–Crippen LogP) is 4.99. The number of ether oxygens (including phenoxy) is 2. The van der Waals surface area contributed by atoms with E-state index in [0.29, 0.717) is 35.1 Å². The van der Waals surface area contributed by atoms with Crippen LogP contribution in [-0.2, 0) is 12.1 Å². The van der Waals surface area contributed by atoms with Crippen LogP contribution in [0.2, 0.25) is 0 Å². The highest BCUT2D eigenvalue weighted by Crippen LogP contribution is 2.38. The van der Waals surface area contributed by atoms with E-state index in [9.17, 15) is 9.59 Å². The zero-order chi connectivity index (χ0) is 28.2. The largest absolute Gasteiger partial charge is 0.493 e. The van der Waals surface area contributed by atoms with E-state index in [2.05, 4.69) is 24.6 Å². The average molecular weight is 534 g/mol. The van der Waals surface area contributed by atoms with Crippen LogP contribution < -0.4 is 30.8 Å². The zero-order valence-corrected chi connectivity index (χ0v) is 23.8. The molecule has 4 rings (SSSR count). The molecule has 0 bridgehead atoms. The number of unbranched alkanes of at least 4 members (excludes halogenated alkanes) is 1. The van der Waals surface area contributed by atoms with Crippen LogP contribution in [0.5, 0.6) is 11.5 Å². The predicted molar refractivity (Wildman–Crippen MR) is 155 cm³/mol. The van der Waals surface area contributed by atoms with Gasteiger partial charge in [0.25, 0.3) is 5.56 Å². The molecule has 1 atom stereocenters. The van der Waals surface area contributed by atoms with Gasteiger partial charge in [-0.2, -0.15) is 0 Å². The Hall–Kier alpha value is -3.85. The van der Waals surface area contributed by atoms with Crippen molar-refractivity contribution in [3.8, 4) is 22.9 Å². The van der Waals surface area contributed by atoms with Gasteiger partial charge in [-0.1, -0.05) is 13.3 Å². The van der Waals surface area contributed by atoms with Crippen LogP contribution in [0.3, 0.4) is 0 Å². The van der Waals surface area contributed by atoms with Gasteiger partial charge in [0.1, 0.15) is 11.5 Å². The number of hydrogen-bond acceptors (Lipinski definition) is 8. The van der Waals surface area contributed by atoms with Crippen molar-refractivity contribution >= 4 is 17.2 Å². The van der Waals surface area contributed by atoms with Crippen molar-refractivity contribution in [1.82, 2.24) is 15.0 Å². The first-order chi connectivity index (χ1) is 18.7. The number of carbonyl (C=O) groups is 1. The molecule has 9 heteroatoms. The Balaban J connectivity index is 1.62. The third-order valence-electron chi connectivity index (χ3n) is 7.24. The summed E-state index contributed by atoms with van der Waals surface area (Å²) < 4.78 is 12.7. The van der Waals surface area contributed by atoms with Crippen LogP contribution >= 0.6 is 0 Å². The van der Waals surface area contributed by atoms with Crippen LogP contribution in [0, 0.1) is 0 Å². The van der Waals surface area contributed by atoms with Gasteiger partial charge in [-0.25, -0.2) is 10.4 Å². The first kappa shape index (κ1) is 28.2. The number of anilines is 2. The molecule has 0 amide bonds. The fourth-order valence-corrected chi connectivity index (χ4v) is 5.24. The maximum absolute atomic E-state index is 13.9. The second kappa shape index (κ2) is 11.9. The first-order valence-corrected chi connectivity index (χ1v) is 13.5. The van der Waals surface area contributed by atoms with Crippen molar-refractivity contribution in [3.05, 3.63) is 64.1 Å². The number of aromatic nitrogens is 2. The lowest BCUT2D eigenvalue weighted by molar-refractivity contribution is 0.101. The quantitative estimate of drug-likeness (QED) is 0.248.